The Balaban J connectivity index is 1.62. The second kappa shape index (κ2) is 7.41. The molecule has 0 aliphatic rings. The largest absolute Gasteiger partial charge is 0.343 e. The highest BCUT2D eigenvalue weighted by atomic mass is 35.5. The van der Waals surface area contributed by atoms with E-state index in [0.29, 0.717) is 21.5 Å². The summed E-state index contributed by atoms with van der Waals surface area (Å²) in [7, 11) is 0. The number of halogens is 3. The molecule has 1 N–H and O–H groups in total. The molecule has 2 aromatic carbocycles. The molecule has 26 heavy (non-hydrogen) atoms. The number of rotatable bonds is 4. The number of aromatic nitrogens is 3. The molecule has 0 saturated carbocycles. The Morgan fingerprint density at radius 1 is 0.962 bits per heavy atom. The topological polar surface area (TPSA) is 41.6 Å². The van der Waals surface area contributed by atoms with Gasteiger partial charge in [-0.05, 0) is 29.8 Å². The van der Waals surface area contributed by atoms with Gasteiger partial charge in [-0.25, -0.2) is 9.97 Å². The van der Waals surface area contributed by atoms with Crippen LogP contribution in [0, 0.1) is 0 Å². The average Bonchev–Trinajstić information content (AvgIpc) is 3.28. The Hall–Kier alpha value is -1.85. The zero-order chi connectivity index (χ0) is 18.1. The van der Waals surface area contributed by atoms with Crippen LogP contribution < -0.4 is 0 Å². The quantitative estimate of drug-likeness (QED) is 0.396. The van der Waals surface area contributed by atoms with E-state index in [9.17, 15) is 0 Å². The minimum Gasteiger partial charge on any atom is -0.343 e. The molecule has 0 aliphatic carbocycles. The zero-order valence-electron chi connectivity index (χ0n) is 13.3. The van der Waals surface area contributed by atoms with Crippen LogP contribution in [0.25, 0.3) is 22.6 Å². The van der Waals surface area contributed by atoms with Crippen LogP contribution in [-0.4, -0.2) is 15.0 Å². The molecule has 0 unspecified atom stereocenters. The third-order valence-electron chi connectivity index (χ3n) is 3.90. The fourth-order valence-corrected chi connectivity index (χ4v) is 3.91. The van der Waals surface area contributed by atoms with Crippen molar-refractivity contribution in [3.63, 3.8) is 0 Å². The van der Waals surface area contributed by atoms with E-state index in [1.54, 1.807) is 23.7 Å². The summed E-state index contributed by atoms with van der Waals surface area (Å²) in [6.07, 6.45) is 2.38. The van der Waals surface area contributed by atoms with Crippen LogP contribution in [0.5, 0.6) is 0 Å². The smallest absolute Gasteiger partial charge is 0.0999 e. The van der Waals surface area contributed by atoms with Gasteiger partial charge in [0.1, 0.15) is 0 Å². The van der Waals surface area contributed by atoms with Crippen LogP contribution in [0.4, 0.5) is 0 Å². The van der Waals surface area contributed by atoms with Crippen LogP contribution in [-0.2, 0) is 6.42 Å². The summed E-state index contributed by atoms with van der Waals surface area (Å²) in [6.45, 7) is 0. The van der Waals surface area contributed by atoms with E-state index in [2.05, 4.69) is 9.97 Å². The molecule has 0 radical (unpaired) electrons. The predicted octanol–water partition coefficient (Wildman–Crippen LogP) is 6.75. The van der Waals surface area contributed by atoms with Gasteiger partial charge in [0.05, 0.1) is 38.5 Å². The molecule has 0 spiro atoms. The Morgan fingerprint density at radius 3 is 2.54 bits per heavy atom. The number of aromatic amines is 1. The standard InChI is InChI=1S/C19H12Cl3N3S/c20-13-4-2-12(3-5-13)18-19(24-10-23-18)16-9-26-17(25-16)8-11-1-6-14(21)15(22)7-11/h1-7,9-10H,8H2,(H,23,24). The molecule has 3 nitrogen and oxygen atoms in total. The molecule has 0 fully saturated rings. The number of imidazole rings is 1. The third kappa shape index (κ3) is 3.64. The minimum atomic E-state index is 0.555. The van der Waals surface area contributed by atoms with Gasteiger partial charge in [0.2, 0.25) is 0 Å². The van der Waals surface area contributed by atoms with Crippen molar-refractivity contribution in [3.8, 4) is 22.6 Å². The van der Waals surface area contributed by atoms with Gasteiger partial charge in [-0.1, -0.05) is 53.0 Å². The number of thiazole rings is 1. The molecule has 0 aliphatic heterocycles. The Morgan fingerprint density at radius 2 is 1.77 bits per heavy atom. The lowest BCUT2D eigenvalue weighted by atomic mass is 10.1. The number of benzene rings is 2. The summed E-state index contributed by atoms with van der Waals surface area (Å²) in [5, 5.41) is 4.83. The summed E-state index contributed by atoms with van der Waals surface area (Å²) in [4.78, 5) is 12.4. The fourth-order valence-electron chi connectivity index (χ4n) is 2.65. The van der Waals surface area contributed by atoms with Gasteiger partial charge in [0.25, 0.3) is 0 Å². The van der Waals surface area contributed by atoms with Crippen molar-refractivity contribution >= 4 is 46.1 Å². The van der Waals surface area contributed by atoms with Crippen molar-refractivity contribution in [1.82, 2.24) is 15.0 Å². The number of hydrogen-bond acceptors (Lipinski definition) is 3. The lowest BCUT2D eigenvalue weighted by molar-refractivity contribution is 1.14. The monoisotopic (exact) mass is 419 g/mol. The number of nitrogens with zero attached hydrogens (tertiary/aromatic N) is 2. The first-order chi connectivity index (χ1) is 12.6. The van der Waals surface area contributed by atoms with E-state index in [0.717, 1.165) is 33.2 Å². The van der Waals surface area contributed by atoms with E-state index in [1.165, 1.54) is 0 Å². The highest BCUT2D eigenvalue weighted by molar-refractivity contribution is 7.10. The number of nitrogens with one attached hydrogen (secondary N) is 1. The van der Waals surface area contributed by atoms with Gasteiger partial charge in [0, 0.05) is 22.4 Å². The molecular formula is C19H12Cl3N3S. The van der Waals surface area contributed by atoms with E-state index in [4.69, 9.17) is 39.8 Å². The van der Waals surface area contributed by atoms with E-state index >= 15 is 0 Å². The molecule has 2 aromatic heterocycles. The summed E-state index contributed by atoms with van der Waals surface area (Å²) >= 11 is 19.6. The lowest BCUT2D eigenvalue weighted by Gasteiger charge is -2.02. The maximum atomic E-state index is 6.09. The fraction of sp³-hybridized carbons (Fsp3) is 0.0526. The van der Waals surface area contributed by atoms with Crippen molar-refractivity contribution in [3.05, 3.63) is 79.8 Å². The molecule has 4 aromatic rings. The number of H-pyrrole nitrogens is 1. The van der Waals surface area contributed by atoms with Crippen molar-refractivity contribution in [2.24, 2.45) is 0 Å². The van der Waals surface area contributed by atoms with Gasteiger partial charge in [0.15, 0.2) is 0 Å². The van der Waals surface area contributed by atoms with Crippen LogP contribution in [0.15, 0.2) is 54.2 Å². The van der Waals surface area contributed by atoms with Crippen LogP contribution in [0.1, 0.15) is 10.6 Å². The van der Waals surface area contributed by atoms with E-state index in [1.807, 2.05) is 41.8 Å². The first-order valence-corrected chi connectivity index (χ1v) is 9.79. The summed E-state index contributed by atoms with van der Waals surface area (Å²) in [5.41, 5.74) is 4.68. The molecular weight excluding hydrogens is 409 g/mol. The Labute approximate surface area is 169 Å². The molecule has 130 valence electrons. The normalized spacial score (nSPS) is 11.0. The first kappa shape index (κ1) is 17.6. The third-order valence-corrected chi connectivity index (χ3v) is 5.74. The molecule has 2 heterocycles. The first-order valence-electron chi connectivity index (χ1n) is 7.78. The minimum absolute atomic E-state index is 0.555. The summed E-state index contributed by atoms with van der Waals surface area (Å²) in [6, 6.07) is 13.3. The average molecular weight is 421 g/mol. The van der Waals surface area contributed by atoms with Crippen LogP contribution >= 0.6 is 46.1 Å². The van der Waals surface area contributed by atoms with Gasteiger partial charge < -0.3 is 4.98 Å². The molecule has 0 saturated heterocycles. The molecule has 0 atom stereocenters. The van der Waals surface area contributed by atoms with Crippen LogP contribution in [0.3, 0.4) is 0 Å². The summed E-state index contributed by atoms with van der Waals surface area (Å²) < 4.78 is 0. The van der Waals surface area contributed by atoms with Crippen molar-refractivity contribution < 1.29 is 0 Å². The van der Waals surface area contributed by atoms with Crippen molar-refractivity contribution in [1.29, 1.82) is 0 Å². The maximum absolute atomic E-state index is 6.09. The molecule has 0 amide bonds. The highest BCUT2D eigenvalue weighted by Gasteiger charge is 2.14. The van der Waals surface area contributed by atoms with Crippen molar-refractivity contribution in [2.45, 2.75) is 6.42 Å². The molecule has 4 rings (SSSR count). The van der Waals surface area contributed by atoms with Gasteiger partial charge in [-0.3, -0.25) is 0 Å². The van der Waals surface area contributed by atoms with E-state index < -0.39 is 0 Å². The molecule has 7 heteroatoms. The van der Waals surface area contributed by atoms with Gasteiger partial charge in [-0.2, -0.15) is 0 Å². The second-order valence-corrected chi connectivity index (χ2v) is 7.88. The van der Waals surface area contributed by atoms with Gasteiger partial charge >= 0.3 is 0 Å². The maximum Gasteiger partial charge on any atom is 0.0999 e. The second-order valence-electron chi connectivity index (χ2n) is 5.68. The van der Waals surface area contributed by atoms with Gasteiger partial charge in [-0.15, -0.1) is 11.3 Å². The lowest BCUT2D eigenvalue weighted by Crippen LogP contribution is -1.89. The highest BCUT2D eigenvalue weighted by Crippen LogP contribution is 2.31. The SMILES string of the molecule is Clc1ccc(-c2nc[nH]c2-c2csc(Cc3ccc(Cl)c(Cl)c3)n2)cc1. The predicted molar refractivity (Wildman–Crippen MR) is 109 cm³/mol. The Kier molecular flexibility index (Phi) is 5.00. The molecule has 0 bridgehead atoms. The van der Waals surface area contributed by atoms with Crippen molar-refractivity contribution in [2.75, 3.05) is 0 Å². The Bertz CT molecular complexity index is 1050. The summed E-state index contributed by atoms with van der Waals surface area (Å²) in [5.74, 6) is 0. The number of hydrogen-bond donors (Lipinski definition) is 1. The van der Waals surface area contributed by atoms with E-state index in [-0.39, 0.29) is 0 Å². The zero-order valence-corrected chi connectivity index (χ0v) is 16.4. The van der Waals surface area contributed by atoms with Crippen LogP contribution in [0.2, 0.25) is 15.1 Å².